The van der Waals surface area contributed by atoms with E-state index in [1.807, 2.05) is 6.07 Å². The summed E-state index contributed by atoms with van der Waals surface area (Å²) in [6, 6.07) is 11.4. The van der Waals surface area contributed by atoms with Crippen LogP contribution in [0.25, 0.3) is 11.1 Å². The summed E-state index contributed by atoms with van der Waals surface area (Å²) in [7, 11) is 0. The van der Waals surface area contributed by atoms with Crippen LogP contribution >= 0.6 is 0 Å². The summed E-state index contributed by atoms with van der Waals surface area (Å²) in [6.45, 7) is 2.25. The Labute approximate surface area is 180 Å². The number of oxime groups is 1. The lowest BCUT2D eigenvalue weighted by Gasteiger charge is -2.10. The highest BCUT2D eigenvalue weighted by Crippen LogP contribution is 2.28. The third-order valence-corrected chi connectivity index (χ3v) is 5.60. The van der Waals surface area contributed by atoms with E-state index in [0.29, 0.717) is 17.7 Å². The maximum atomic E-state index is 13.5. The molecule has 30 heavy (non-hydrogen) atoms. The number of phenols is 1. The zero-order chi connectivity index (χ0) is 21.6. The molecule has 2 aromatic rings. The van der Waals surface area contributed by atoms with Gasteiger partial charge in [-0.2, -0.15) is 0 Å². The Hall–Kier alpha value is -2.36. The third-order valence-electron chi connectivity index (χ3n) is 5.60. The average Bonchev–Trinajstić information content (AvgIpc) is 2.75. The van der Waals surface area contributed by atoms with Crippen molar-refractivity contribution in [1.82, 2.24) is 0 Å². The fraction of sp³-hybridized carbons (Fsp3) is 0.500. The second kappa shape index (κ2) is 13.8. The molecule has 2 rings (SSSR count). The number of hydrogen-bond acceptors (Lipinski definition) is 3. The topological polar surface area (TPSA) is 52.8 Å². The Kier molecular flexibility index (Phi) is 11.0. The predicted molar refractivity (Wildman–Crippen MR) is 123 cm³/mol. The summed E-state index contributed by atoms with van der Waals surface area (Å²) in [5.41, 5.74) is 2.48. The van der Waals surface area contributed by atoms with E-state index in [9.17, 15) is 14.7 Å². The molecule has 0 aromatic heterocycles. The third kappa shape index (κ3) is 8.17. The molecular formula is C26H36FNO2. The minimum absolute atomic E-state index is 0.0750. The maximum Gasteiger partial charge on any atom is 0.124 e. The largest absolute Gasteiger partial charge is 0.507 e. The first-order valence-corrected chi connectivity index (χ1v) is 11.5. The van der Waals surface area contributed by atoms with Gasteiger partial charge in [0.05, 0.1) is 5.71 Å². The van der Waals surface area contributed by atoms with Gasteiger partial charge in [-0.05, 0) is 48.2 Å². The van der Waals surface area contributed by atoms with Crippen LogP contribution in [0.1, 0.15) is 89.5 Å². The van der Waals surface area contributed by atoms with E-state index in [1.165, 1.54) is 69.9 Å². The summed E-state index contributed by atoms with van der Waals surface area (Å²) in [5, 5.41) is 23.2. The molecule has 0 aliphatic carbocycles. The van der Waals surface area contributed by atoms with Gasteiger partial charge in [-0.3, -0.25) is 0 Å². The molecule has 0 fully saturated rings. The second-order valence-corrected chi connectivity index (χ2v) is 8.07. The number of phenolic OH excluding ortho intramolecular Hbond substituents is 1. The van der Waals surface area contributed by atoms with Crippen LogP contribution in [0.5, 0.6) is 5.75 Å². The van der Waals surface area contributed by atoms with E-state index in [4.69, 9.17) is 0 Å². The predicted octanol–water partition coefficient (Wildman–Crippen LogP) is 8.08. The molecule has 0 aliphatic rings. The summed E-state index contributed by atoms with van der Waals surface area (Å²) in [4.78, 5) is 0. The fourth-order valence-electron chi connectivity index (χ4n) is 3.81. The highest BCUT2D eigenvalue weighted by Gasteiger charge is 2.12. The average molecular weight is 414 g/mol. The Balaban J connectivity index is 1.78. The van der Waals surface area contributed by atoms with Crippen molar-refractivity contribution < 1.29 is 14.7 Å². The van der Waals surface area contributed by atoms with Gasteiger partial charge in [-0.15, -0.1) is 0 Å². The Morgan fingerprint density at radius 3 is 2.00 bits per heavy atom. The zero-order valence-corrected chi connectivity index (χ0v) is 18.2. The molecule has 0 radical (unpaired) electrons. The number of rotatable bonds is 14. The van der Waals surface area contributed by atoms with Gasteiger partial charge >= 0.3 is 0 Å². The van der Waals surface area contributed by atoms with Gasteiger partial charge < -0.3 is 10.3 Å². The van der Waals surface area contributed by atoms with E-state index in [0.717, 1.165) is 24.0 Å². The lowest BCUT2D eigenvalue weighted by Crippen LogP contribution is -2.02. The summed E-state index contributed by atoms with van der Waals surface area (Å²) in [6.07, 6.45) is 14.4. The van der Waals surface area contributed by atoms with E-state index in [1.54, 1.807) is 24.3 Å². The quantitative estimate of drug-likeness (QED) is 0.142. The first-order chi connectivity index (χ1) is 14.7. The standard InChI is InChI=1S/C26H36FNO2/c1-2-3-4-5-6-7-8-9-10-11-12-16-25(28-30)24-20-22(17-18-26(24)29)21-14-13-15-23(27)19-21/h13-15,17-20,29-30H,2-12,16H2,1H3/b28-25+. The monoisotopic (exact) mass is 413 g/mol. The molecule has 0 spiro atoms. The Morgan fingerprint density at radius 1 is 0.800 bits per heavy atom. The molecule has 2 N–H and O–H groups in total. The molecule has 0 saturated carbocycles. The smallest absolute Gasteiger partial charge is 0.124 e. The molecular weight excluding hydrogens is 377 g/mol. The molecule has 4 heteroatoms. The van der Waals surface area contributed by atoms with Crippen LogP contribution in [0.2, 0.25) is 0 Å². The van der Waals surface area contributed by atoms with Gasteiger partial charge in [0, 0.05) is 5.56 Å². The number of aromatic hydroxyl groups is 1. The number of halogens is 1. The highest BCUT2D eigenvalue weighted by molar-refractivity contribution is 6.03. The van der Waals surface area contributed by atoms with Crippen LogP contribution in [0.15, 0.2) is 47.6 Å². The number of benzene rings is 2. The van der Waals surface area contributed by atoms with Gasteiger partial charge in [-0.25, -0.2) is 4.39 Å². The summed E-state index contributed by atoms with van der Waals surface area (Å²) in [5.74, 6) is -0.231. The SMILES string of the molecule is CCCCCCCCCCCCC/C(=N\O)c1cc(-c2cccc(F)c2)ccc1O. The number of hydrogen-bond donors (Lipinski definition) is 2. The van der Waals surface area contributed by atoms with Crippen LogP contribution in [0, 0.1) is 5.82 Å². The minimum Gasteiger partial charge on any atom is -0.507 e. The lowest BCUT2D eigenvalue weighted by molar-refractivity contribution is 0.317. The Bertz CT molecular complexity index is 788. The van der Waals surface area contributed by atoms with E-state index >= 15 is 0 Å². The van der Waals surface area contributed by atoms with Crippen LogP contribution in [-0.2, 0) is 0 Å². The van der Waals surface area contributed by atoms with Crippen LogP contribution in [0.3, 0.4) is 0 Å². The van der Waals surface area contributed by atoms with Crippen LogP contribution in [-0.4, -0.2) is 16.0 Å². The van der Waals surface area contributed by atoms with Crippen molar-refractivity contribution >= 4 is 5.71 Å². The van der Waals surface area contributed by atoms with Gasteiger partial charge in [0.15, 0.2) is 0 Å². The molecule has 0 saturated heterocycles. The molecule has 0 heterocycles. The minimum atomic E-state index is -0.306. The van der Waals surface area contributed by atoms with Gasteiger partial charge in [-0.1, -0.05) is 94.5 Å². The highest BCUT2D eigenvalue weighted by atomic mass is 19.1. The molecule has 2 aromatic carbocycles. The molecule has 164 valence electrons. The fourth-order valence-corrected chi connectivity index (χ4v) is 3.81. The molecule has 0 amide bonds. The van der Waals surface area contributed by atoms with Gasteiger partial charge in [0.25, 0.3) is 0 Å². The van der Waals surface area contributed by atoms with Crippen molar-refractivity contribution in [1.29, 1.82) is 0 Å². The Morgan fingerprint density at radius 2 is 1.40 bits per heavy atom. The molecule has 0 unspecified atom stereocenters. The van der Waals surface area contributed by atoms with Crippen molar-refractivity contribution in [3.8, 4) is 16.9 Å². The molecule has 3 nitrogen and oxygen atoms in total. The normalized spacial score (nSPS) is 11.7. The van der Waals surface area contributed by atoms with E-state index in [2.05, 4.69) is 12.1 Å². The number of unbranched alkanes of at least 4 members (excludes halogenated alkanes) is 10. The van der Waals surface area contributed by atoms with Crippen molar-refractivity contribution in [2.24, 2.45) is 5.16 Å². The molecule has 0 atom stereocenters. The second-order valence-electron chi connectivity index (χ2n) is 8.07. The van der Waals surface area contributed by atoms with Crippen LogP contribution in [0.4, 0.5) is 4.39 Å². The maximum absolute atomic E-state index is 13.5. The van der Waals surface area contributed by atoms with E-state index < -0.39 is 0 Å². The molecule has 0 aliphatic heterocycles. The molecule has 0 bridgehead atoms. The van der Waals surface area contributed by atoms with Gasteiger partial charge in [0.2, 0.25) is 0 Å². The first kappa shape index (κ1) is 23.9. The van der Waals surface area contributed by atoms with Crippen molar-refractivity contribution in [3.05, 3.63) is 53.8 Å². The summed E-state index contributed by atoms with van der Waals surface area (Å²) >= 11 is 0. The van der Waals surface area contributed by atoms with Crippen molar-refractivity contribution in [2.45, 2.75) is 84.0 Å². The zero-order valence-electron chi connectivity index (χ0n) is 18.2. The first-order valence-electron chi connectivity index (χ1n) is 11.5. The van der Waals surface area contributed by atoms with E-state index in [-0.39, 0.29) is 11.6 Å². The van der Waals surface area contributed by atoms with Gasteiger partial charge in [0.1, 0.15) is 11.6 Å². The lowest BCUT2D eigenvalue weighted by atomic mass is 9.97. The van der Waals surface area contributed by atoms with Crippen molar-refractivity contribution in [3.63, 3.8) is 0 Å². The number of nitrogens with zero attached hydrogens (tertiary/aromatic N) is 1. The van der Waals surface area contributed by atoms with Crippen molar-refractivity contribution in [2.75, 3.05) is 0 Å². The summed E-state index contributed by atoms with van der Waals surface area (Å²) < 4.78 is 13.5. The van der Waals surface area contributed by atoms with Crippen LogP contribution < -0.4 is 0 Å².